The van der Waals surface area contributed by atoms with Gasteiger partial charge in [0.1, 0.15) is 17.5 Å². The standard InChI is InChI=1S/C10H10N4O5S/c11-4-7-8(2-1-3-13-7)20(18,19)14(5-9(12)15)6-10(16)17/h1-3H,5-6H2,(H2,12,15)(H,16,17). The van der Waals surface area contributed by atoms with Gasteiger partial charge in [-0.1, -0.05) is 0 Å². The number of carboxylic acids is 1. The lowest BCUT2D eigenvalue weighted by Gasteiger charge is -2.18. The quantitative estimate of drug-likeness (QED) is 0.648. The van der Waals surface area contributed by atoms with Crippen molar-refractivity contribution in [2.45, 2.75) is 4.90 Å². The normalized spacial score (nSPS) is 11.0. The molecule has 0 radical (unpaired) electrons. The number of nitrogens with two attached hydrogens (primary N) is 1. The molecule has 0 unspecified atom stereocenters. The lowest BCUT2D eigenvalue weighted by molar-refractivity contribution is -0.137. The van der Waals surface area contributed by atoms with Crippen molar-refractivity contribution in [1.29, 1.82) is 5.26 Å². The van der Waals surface area contributed by atoms with Crippen LogP contribution in [0, 0.1) is 11.3 Å². The van der Waals surface area contributed by atoms with Gasteiger partial charge in [0.05, 0.1) is 6.54 Å². The number of aliphatic carboxylic acids is 1. The summed E-state index contributed by atoms with van der Waals surface area (Å²) >= 11 is 0. The van der Waals surface area contributed by atoms with Crippen LogP contribution >= 0.6 is 0 Å². The molecular weight excluding hydrogens is 288 g/mol. The van der Waals surface area contributed by atoms with Gasteiger partial charge in [-0.25, -0.2) is 13.4 Å². The third-order valence-electron chi connectivity index (χ3n) is 2.14. The fourth-order valence-corrected chi connectivity index (χ4v) is 2.82. The molecule has 0 aliphatic rings. The highest BCUT2D eigenvalue weighted by Crippen LogP contribution is 2.17. The van der Waals surface area contributed by atoms with Gasteiger partial charge in [0.15, 0.2) is 5.69 Å². The molecule has 0 aliphatic carbocycles. The second-order valence-electron chi connectivity index (χ2n) is 3.60. The van der Waals surface area contributed by atoms with Gasteiger partial charge in [0.2, 0.25) is 15.9 Å². The Balaban J connectivity index is 3.32. The summed E-state index contributed by atoms with van der Waals surface area (Å²) in [6.45, 7) is -1.76. The molecule has 9 nitrogen and oxygen atoms in total. The molecule has 0 fully saturated rings. The van der Waals surface area contributed by atoms with Crippen LogP contribution in [0.3, 0.4) is 0 Å². The maximum Gasteiger partial charge on any atom is 0.318 e. The molecule has 0 aliphatic heterocycles. The molecule has 1 aromatic rings. The predicted octanol–water partition coefficient (Wildman–Crippen LogP) is -1.49. The molecule has 10 heteroatoms. The topological polar surface area (TPSA) is 154 Å². The average Bonchev–Trinajstić information content (AvgIpc) is 2.36. The summed E-state index contributed by atoms with van der Waals surface area (Å²) in [5, 5.41) is 17.5. The minimum atomic E-state index is -4.37. The lowest BCUT2D eigenvalue weighted by atomic mass is 10.4. The Morgan fingerprint density at radius 3 is 2.60 bits per heavy atom. The minimum Gasteiger partial charge on any atom is -0.480 e. The molecule has 1 rings (SSSR count). The Morgan fingerprint density at radius 2 is 2.10 bits per heavy atom. The van der Waals surface area contributed by atoms with Gasteiger partial charge in [-0.15, -0.1) is 0 Å². The number of sulfonamides is 1. The Hall–Kier alpha value is -2.51. The molecule has 1 amide bonds. The van der Waals surface area contributed by atoms with E-state index in [1.165, 1.54) is 12.3 Å². The molecule has 0 atom stereocenters. The monoisotopic (exact) mass is 298 g/mol. The summed E-state index contributed by atoms with van der Waals surface area (Å²) < 4.78 is 24.9. The van der Waals surface area contributed by atoms with E-state index in [-0.39, 0.29) is 0 Å². The van der Waals surface area contributed by atoms with E-state index in [1.54, 1.807) is 6.07 Å². The van der Waals surface area contributed by atoms with Gasteiger partial charge in [-0.05, 0) is 12.1 Å². The van der Waals surface area contributed by atoms with Crippen molar-refractivity contribution < 1.29 is 23.1 Å². The number of hydrogen-bond donors (Lipinski definition) is 2. The Labute approximate surface area is 114 Å². The van der Waals surface area contributed by atoms with Crippen LogP contribution in [-0.4, -0.2) is 47.8 Å². The largest absolute Gasteiger partial charge is 0.480 e. The van der Waals surface area contributed by atoms with E-state index < -0.39 is 45.6 Å². The van der Waals surface area contributed by atoms with E-state index in [0.29, 0.717) is 4.31 Å². The molecule has 1 aromatic heterocycles. The van der Waals surface area contributed by atoms with Gasteiger partial charge >= 0.3 is 5.97 Å². The number of aromatic nitrogens is 1. The van der Waals surface area contributed by atoms with Crippen LogP contribution < -0.4 is 5.73 Å². The van der Waals surface area contributed by atoms with Crippen LogP contribution in [0.15, 0.2) is 23.2 Å². The summed E-state index contributed by atoms with van der Waals surface area (Å²) in [4.78, 5) is 24.6. The second-order valence-corrected chi connectivity index (χ2v) is 5.50. The van der Waals surface area contributed by atoms with Crippen molar-refractivity contribution in [3.63, 3.8) is 0 Å². The van der Waals surface area contributed by atoms with Crippen molar-refractivity contribution in [3.05, 3.63) is 24.0 Å². The Morgan fingerprint density at radius 1 is 1.45 bits per heavy atom. The van der Waals surface area contributed by atoms with E-state index in [4.69, 9.17) is 16.1 Å². The van der Waals surface area contributed by atoms with E-state index in [2.05, 4.69) is 4.98 Å². The fraction of sp³-hybridized carbons (Fsp3) is 0.200. The molecule has 1 heterocycles. The summed E-state index contributed by atoms with van der Waals surface area (Å²) in [5.41, 5.74) is 4.50. The summed E-state index contributed by atoms with van der Waals surface area (Å²) in [6, 6.07) is 3.95. The van der Waals surface area contributed by atoms with E-state index >= 15 is 0 Å². The fourth-order valence-electron chi connectivity index (χ4n) is 1.37. The maximum absolute atomic E-state index is 12.2. The molecule has 3 N–H and O–H groups in total. The molecule has 0 spiro atoms. The first-order valence-electron chi connectivity index (χ1n) is 5.14. The van der Waals surface area contributed by atoms with E-state index in [0.717, 1.165) is 6.07 Å². The molecule has 0 aromatic carbocycles. The Kier molecular flexibility index (Phi) is 4.73. The molecule has 20 heavy (non-hydrogen) atoms. The van der Waals surface area contributed by atoms with Crippen LogP contribution in [0.2, 0.25) is 0 Å². The zero-order chi connectivity index (χ0) is 15.3. The molecule has 106 valence electrons. The zero-order valence-corrected chi connectivity index (χ0v) is 10.9. The van der Waals surface area contributed by atoms with Gasteiger partial charge in [0.25, 0.3) is 0 Å². The van der Waals surface area contributed by atoms with Crippen LogP contribution in [0.5, 0.6) is 0 Å². The SMILES string of the molecule is N#Cc1ncccc1S(=O)(=O)N(CC(N)=O)CC(=O)O. The molecular formula is C10H10N4O5S. The molecule has 0 saturated carbocycles. The van der Waals surface area contributed by atoms with Crippen LogP contribution in [0.25, 0.3) is 0 Å². The van der Waals surface area contributed by atoms with Crippen molar-refractivity contribution in [2.24, 2.45) is 5.73 Å². The smallest absolute Gasteiger partial charge is 0.318 e. The first-order chi connectivity index (χ1) is 9.28. The first kappa shape index (κ1) is 15.5. The van der Waals surface area contributed by atoms with Crippen molar-refractivity contribution in [1.82, 2.24) is 9.29 Å². The van der Waals surface area contributed by atoms with Crippen LogP contribution in [0.4, 0.5) is 0 Å². The third-order valence-corrected chi connectivity index (χ3v) is 3.96. The summed E-state index contributed by atoms with van der Waals surface area (Å²) in [6.07, 6.45) is 1.22. The van der Waals surface area contributed by atoms with E-state index in [9.17, 15) is 18.0 Å². The number of amides is 1. The van der Waals surface area contributed by atoms with E-state index in [1.807, 2.05) is 0 Å². The highest BCUT2D eigenvalue weighted by atomic mass is 32.2. The Bertz CT molecular complexity index is 663. The van der Waals surface area contributed by atoms with Crippen molar-refractivity contribution >= 4 is 21.9 Å². The molecule has 0 saturated heterocycles. The minimum absolute atomic E-state index is 0.371. The molecule has 0 bridgehead atoms. The summed E-state index contributed by atoms with van der Waals surface area (Å²) in [5.74, 6) is -2.48. The second kappa shape index (κ2) is 6.09. The predicted molar refractivity (Wildman–Crippen MR) is 64.5 cm³/mol. The number of primary amides is 1. The number of hydrogen-bond acceptors (Lipinski definition) is 6. The first-order valence-corrected chi connectivity index (χ1v) is 6.58. The number of nitriles is 1. The van der Waals surface area contributed by atoms with Crippen LogP contribution in [-0.2, 0) is 19.6 Å². The number of carboxylic acid groups (broad SMARTS) is 1. The van der Waals surface area contributed by atoms with Gasteiger partial charge in [-0.2, -0.15) is 9.57 Å². The van der Waals surface area contributed by atoms with Crippen molar-refractivity contribution in [2.75, 3.05) is 13.1 Å². The average molecular weight is 298 g/mol. The number of carbonyl (C=O) groups excluding carboxylic acids is 1. The maximum atomic E-state index is 12.2. The highest BCUT2D eigenvalue weighted by molar-refractivity contribution is 7.89. The summed E-state index contributed by atoms with van der Waals surface area (Å²) in [7, 11) is -4.37. The third kappa shape index (κ3) is 3.50. The van der Waals surface area contributed by atoms with Gasteiger partial charge < -0.3 is 10.8 Å². The highest BCUT2D eigenvalue weighted by Gasteiger charge is 2.30. The number of pyridine rings is 1. The van der Waals surface area contributed by atoms with Gasteiger partial charge in [-0.3, -0.25) is 9.59 Å². The lowest BCUT2D eigenvalue weighted by Crippen LogP contribution is -2.41. The number of carbonyl (C=O) groups is 2. The number of nitrogens with zero attached hydrogens (tertiary/aromatic N) is 3. The number of rotatable bonds is 6. The van der Waals surface area contributed by atoms with Gasteiger partial charge in [0, 0.05) is 6.20 Å². The van der Waals surface area contributed by atoms with Crippen LogP contribution in [0.1, 0.15) is 5.69 Å². The van der Waals surface area contributed by atoms with Crippen molar-refractivity contribution in [3.8, 4) is 6.07 Å². The zero-order valence-electron chi connectivity index (χ0n) is 10.1.